The van der Waals surface area contributed by atoms with E-state index in [0.29, 0.717) is 25.9 Å². The van der Waals surface area contributed by atoms with Gasteiger partial charge in [-0.25, -0.2) is 0 Å². The fourth-order valence-corrected chi connectivity index (χ4v) is 6.40. The first-order valence-corrected chi connectivity index (χ1v) is 16.2. The number of methoxy groups -OCH3 is 1. The zero-order valence-corrected chi connectivity index (χ0v) is 28.3. The molecule has 10 heteroatoms. The number of nitrogens with zero attached hydrogens (tertiary/aromatic N) is 3. The number of carbonyl (C=O) groups is 4. The van der Waals surface area contributed by atoms with Gasteiger partial charge in [-0.1, -0.05) is 64.4 Å². The Kier molecular flexibility index (Phi) is 15.8. The van der Waals surface area contributed by atoms with E-state index in [9.17, 15) is 19.2 Å². The molecule has 1 saturated heterocycles. The van der Waals surface area contributed by atoms with Gasteiger partial charge in [-0.2, -0.15) is 0 Å². The van der Waals surface area contributed by atoms with Gasteiger partial charge in [0.15, 0.2) is 0 Å². The highest BCUT2D eigenvalue weighted by Gasteiger charge is 2.37. The summed E-state index contributed by atoms with van der Waals surface area (Å²) in [7, 11) is 7.01. The monoisotopic (exact) mass is 615 g/mol. The first-order chi connectivity index (χ1) is 20.9. The smallest absolute Gasteiger partial charge is 0.242 e. The molecule has 0 bridgehead atoms. The maximum Gasteiger partial charge on any atom is 0.242 e. The molecule has 1 aliphatic heterocycles. The number of ether oxygens (including phenoxy) is 1. The molecular weight excluding hydrogens is 558 g/mol. The fourth-order valence-electron chi connectivity index (χ4n) is 6.40. The lowest BCUT2D eigenvalue weighted by Gasteiger charge is -2.38. The summed E-state index contributed by atoms with van der Waals surface area (Å²) in [6.45, 7) is 9.19. The van der Waals surface area contributed by atoms with Gasteiger partial charge in [0, 0.05) is 39.7 Å². The van der Waals surface area contributed by atoms with Gasteiger partial charge in [0.1, 0.15) is 0 Å². The Morgan fingerprint density at radius 3 is 2.32 bits per heavy atom. The van der Waals surface area contributed by atoms with Crippen molar-refractivity contribution in [3.8, 4) is 0 Å². The van der Waals surface area contributed by atoms with Gasteiger partial charge >= 0.3 is 0 Å². The second kappa shape index (κ2) is 18.7. The van der Waals surface area contributed by atoms with Crippen molar-refractivity contribution in [2.24, 2.45) is 11.8 Å². The molecule has 0 radical (unpaired) electrons. The van der Waals surface area contributed by atoms with Crippen LogP contribution in [0.15, 0.2) is 30.3 Å². The normalized spacial score (nSPS) is 17.7. The summed E-state index contributed by atoms with van der Waals surface area (Å²) < 4.78 is 5.88. The average molecular weight is 616 g/mol. The molecule has 1 fully saturated rings. The largest absolute Gasteiger partial charge is 0.379 e. The Labute approximate surface area is 265 Å². The molecule has 5 unspecified atom stereocenters. The molecule has 0 aromatic heterocycles. The third-order valence-corrected chi connectivity index (χ3v) is 8.98. The number of rotatable bonds is 18. The van der Waals surface area contributed by atoms with Crippen molar-refractivity contribution in [2.45, 2.75) is 96.9 Å². The summed E-state index contributed by atoms with van der Waals surface area (Å²) in [5.74, 6) is -0.261. The number of carbonyl (C=O) groups excluding carboxylic acids is 4. The molecule has 248 valence electrons. The van der Waals surface area contributed by atoms with Crippen LogP contribution in [0.1, 0.15) is 71.8 Å². The highest BCUT2D eigenvalue weighted by Crippen LogP contribution is 2.26. The first kappa shape index (κ1) is 37.2. The zero-order chi connectivity index (χ0) is 32.8. The van der Waals surface area contributed by atoms with E-state index in [1.54, 1.807) is 19.1 Å². The standard InChI is InChI=1S/C34H57N5O5/c1-9-25(4)33(38(7)31(42)23-36-34(43)32(24(2)3)37(5)6)28(44-8)22-30(41)39-21-13-16-27(39)17-18-29(40)35-20-19-26-14-11-10-12-15-26/h10-12,14-15,24-25,27-28,32-33H,9,13,16-23H2,1-8H3,(H,35,40)(H,36,43). The summed E-state index contributed by atoms with van der Waals surface area (Å²) in [5, 5.41) is 5.81. The summed E-state index contributed by atoms with van der Waals surface area (Å²) in [6, 6.07) is 9.40. The summed E-state index contributed by atoms with van der Waals surface area (Å²) in [4.78, 5) is 57.6. The Morgan fingerprint density at radius 2 is 1.73 bits per heavy atom. The van der Waals surface area contributed by atoms with Crippen LogP contribution in [0.3, 0.4) is 0 Å². The van der Waals surface area contributed by atoms with Crippen LogP contribution in [-0.4, -0.2) is 110 Å². The van der Waals surface area contributed by atoms with E-state index in [1.165, 1.54) is 5.56 Å². The van der Waals surface area contributed by atoms with Gasteiger partial charge in [0.05, 0.1) is 31.2 Å². The molecule has 0 spiro atoms. The van der Waals surface area contributed by atoms with Gasteiger partial charge in [0.25, 0.3) is 0 Å². The minimum atomic E-state index is -0.505. The molecule has 2 N–H and O–H groups in total. The van der Waals surface area contributed by atoms with Crippen molar-refractivity contribution in [3.63, 3.8) is 0 Å². The molecule has 10 nitrogen and oxygen atoms in total. The van der Waals surface area contributed by atoms with Gasteiger partial charge < -0.3 is 25.2 Å². The molecule has 0 saturated carbocycles. The van der Waals surface area contributed by atoms with E-state index in [4.69, 9.17) is 4.74 Å². The van der Waals surface area contributed by atoms with Gasteiger partial charge in [-0.3, -0.25) is 24.1 Å². The van der Waals surface area contributed by atoms with Crippen LogP contribution in [0.4, 0.5) is 0 Å². The minimum absolute atomic E-state index is 0.00403. The number of nitrogens with one attached hydrogen (secondary N) is 2. The topological polar surface area (TPSA) is 111 Å². The summed E-state index contributed by atoms with van der Waals surface area (Å²) in [6.07, 6.45) is 4.00. The fraction of sp³-hybridized carbons (Fsp3) is 0.706. The molecule has 1 heterocycles. The van der Waals surface area contributed by atoms with E-state index in [2.05, 4.69) is 24.5 Å². The maximum atomic E-state index is 13.6. The van der Waals surface area contributed by atoms with Gasteiger partial charge in [0.2, 0.25) is 23.6 Å². The van der Waals surface area contributed by atoms with Crippen LogP contribution in [0.2, 0.25) is 0 Å². The van der Waals surface area contributed by atoms with E-state index in [-0.39, 0.29) is 66.6 Å². The lowest BCUT2D eigenvalue weighted by molar-refractivity contribution is -0.143. The highest BCUT2D eigenvalue weighted by atomic mass is 16.5. The van der Waals surface area contributed by atoms with Crippen LogP contribution in [0.5, 0.6) is 0 Å². The number of likely N-dealkylation sites (tertiary alicyclic amines) is 1. The van der Waals surface area contributed by atoms with Crippen LogP contribution in [0, 0.1) is 11.8 Å². The minimum Gasteiger partial charge on any atom is -0.379 e. The summed E-state index contributed by atoms with van der Waals surface area (Å²) >= 11 is 0. The molecular formula is C34H57N5O5. The number of hydrogen-bond acceptors (Lipinski definition) is 6. The van der Waals surface area contributed by atoms with E-state index in [0.717, 1.165) is 25.7 Å². The van der Waals surface area contributed by atoms with Crippen LogP contribution in [0.25, 0.3) is 0 Å². The number of benzene rings is 1. The summed E-state index contributed by atoms with van der Waals surface area (Å²) in [5.41, 5.74) is 1.19. The average Bonchev–Trinajstić information content (AvgIpc) is 3.47. The zero-order valence-electron chi connectivity index (χ0n) is 28.3. The maximum absolute atomic E-state index is 13.6. The van der Waals surface area contributed by atoms with Crippen molar-refractivity contribution in [1.29, 1.82) is 0 Å². The van der Waals surface area contributed by atoms with Gasteiger partial charge in [-0.15, -0.1) is 0 Å². The third kappa shape index (κ3) is 11.2. The molecule has 1 aromatic rings. The Hall–Kier alpha value is -2.98. The Morgan fingerprint density at radius 1 is 1.05 bits per heavy atom. The molecule has 0 aliphatic carbocycles. The third-order valence-electron chi connectivity index (χ3n) is 8.98. The lowest BCUT2D eigenvalue weighted by atomic mass is 9.90. The van der Waals surface area contributed by atoms with Crippen LogP contribution < -0.4 is 10.6 Å². The number of hydrogen-bond donors (Lipinski definition) is 2. The van der Waals surface area contributed by atoms with Crippen molar-refractivity contribution in [2.75, 3.05) is 47.9 Å². The second-order valence-electron chi connectivity index (χ2n) is 12.7. The quantitative estimate of drug-likeness (QED) is 0.263. The molecule has 5 atom stereocenters. The molecule has 1 aromatic carbocycles. The molecule has 2 rings (SSSR count). The van der Waals surface area contributed by atoms with Crippen molar-refractivity contribution in [1.82, 2.24) is 25.3 Å². The predicted molar refractivity (Wildman–Crippen MR) is 174 cm³/mol. The number of amides is 4. The van der Waals surface area contributed by atoms with Crippen molar-refractivity contribution >= 4 is 23.6 Å². The van der Waals surface area contributed by atoms with E-state index in [1.807, 2.05) is 68.1 Å². The van der Waals surface area contributed by atoms with E-state index < -0.39 is 6.10 Å². The molecule has 4 amide bonds. The van der Waals surface area contributed by atoms with Crippen molar-refractivity contribution in [3.05, 3.63) is 35.9 Å². The lowest BCUT2D eigenvalue weighted by Crippen LogP contribution is -2.54. The Bertz CT molecular complexity index is 1040. The molecule has 44 heavy (non-hydrogen) atoms. The van der Waals surface area contributed by atoms with Crippen LogP contribution in [-0.2, 0) is 30.3 Å². The van der Waals surface area contributed by atoms with Gasteiger partial charge in [-0.05, 0) is 57.2 Å². The highest BCUT2D eigenvalue weighted by molar-refractivity contribution is 5.87. The number of likely N-dealkylation sites (N-methyl/N-ethyl adjacent to an activating group) is 2. The van der Waals surface area contributed by atoms with E-state index >= 15 is 0 Å². The predicted octanol–water partition coefficient (Wildman–Crippen LogP) is 3.10. The molecule has 1 aliphatic rings. The second-order valence-corrected chi connectivity index (χ2v) is 12.7. The SMILES string of the molecule is CCC(C)C(C(CC(=O)N1CCCC1CCC(=O)NCCc1ccccc1)OC)N(C)C(=O)CNC(=O)C(C(C)C)N(C)C. The Balaban J connectivity index is 1.96. The van der Waals surface area contributed by atoms with Crippen LogP contribution >= 0.6 is 0 Å². The first-order valence-electron chi connectivity index (χ1n) is 16.2. The van der Waals surface area contributed by atoms with Crippen molar-refractivity contribution < 1.29 is 23.9 Å².